The minimum Gasteiger partial charge on any atom is -0.507 e. The normalized spacial score (nSPS) is 17.2. The second kappa shape index (κ2) is 9.09. The number of aromatic nitrogens is 1. The zero-order valence-corrected chi connectivity index (χ0v) is 20.2. The Labute approximate surface area is 209 Å². The van der Waals surface area contributed by atoms with Crippen LogP contribution in [0.4, 0.5) is 9.52 Å². The zero-order valence-electron chi connectivity index (χ0n) is 19.4. The fourth-order valence-corrected chi connectivity index (χ4v) is 5.19. The molecule has 1 aliphatic rings. The fourth-order valence-electron chi connectivity index (χ4n) is 4.17. The van der Waals surface area contributed by atoms with E-state index in [1.54, 1.807) is 37.3 Å². The number of nitrogens with zero attached hydrogens (tertiary/aromatic N) is 2. The van der Waals surface area contributed by atoms with Crippen LogP contribution in [0.1, 0.15) is 29.7 Å². The summed E-state index contributed by atoms with van der Waals surface area (Å²) in [5.74, 6) is -2.47. The molecule has 1 aliphatic heterocycles. The fraction of sp³-hybridized carbons (Fsp3) is 0.148. The van der Waals surface area contributed by atoms with E-state index in [0.717, 1.165) is 16.9 Å². The Morgan fingerprint density at radius 2 is 1.86 bits per heavy atom. The number of benzene rings is 3. The first-order valence-corrected chi connectivity index (χ1v) is 12.0. The molecule has 5 rings (SSSR count). The van der Waals surface area contributed by atoms with Crippen LogP contribution in [0, 0.1) is 12.7 Å². The summed E-state index contributed by atoms with van der Waals surface area (Å²) in [5, 5.41) is 21.6. The number of Topliss-reactive ketones (excluding diaryl/α,β-unsaturated/α-hetero) is 1. The molecular weight excluding hydrogens is 483 g/mol. The minimum absolute atomic E-state index is 0.105. The molecule has 1 fully saturated rings. The van der Waals surface area contributed by atoms with Gasteiger partial charge in [0.2, 0.25) is 0 Å². The van der Waals surface area contributed by atoms with Crippen molar-refractivity contribution in [1.82, 2.24) is 4.98 Å². The highest BCUT2D eigenvalue weighted by Gasteiger charge is 2.48. The zero-order chi connectivity index (χ0) is 25.6. The maximum absolute atomic E-state index is 13.8. The molecular formula is C27H21FN2O5S. The van der Waals surface area contributed by atoms with Crippen LogP contribution in [0.2, 0.25) is 0 Å². The van der Waals surface area contributed by atoms with Gasteiger partial charge in [0, 0.05) is 5.56 Å². The lowest BCUT2D eigenvalue weighted by atomic mass is 9.95. The average Bonchev–Trinajstić information content (AvgIpc) is 3.38. The Balaban J connectivity index is 1.74. The average molecular weight is 505 g/mol. The summed E-state index contributed by atoms with van der Waals surface area (Å²) >= 11 is 1.06. The van der Waals surface area contributed by atoms with Crippen LogP contribution in [0.5, 0.6) is 11.5 Å². The summed E-state index contributed by atoms with van der Waals surface area (Å²) < 4.78 is 19.8. The van der Waals surface area contributed by atoms with E-state index in [9.17, 15) is 24.2 Å². The van der Waals surface area contributed by atoms with Gasteiger partial charge in [0.05, 0.1) is 28.4 Å². The van der Waals surface area contributed by atoms with Gasteiger partial charge in [-0.1, -0.05) is 47.2 Å². The number of halogens is 1. The quantitative estimate of drug-likeness (QED) is 0.212. The van der Waals surface area contributed by atoms with E-state index in [0.29, 0.717) is 21.3 Å². The third-order valence-corrected chi connectivity index (χ3v) is 6.93. The van der Waals surface area contributed by atoms with Crippen LogP contribution in [0.15, 0.2) is 66.2 Å². The van der Waals surface area contributed by atoms with Crippen LogP contribution in [0.3, 0.4) is 0 Å². The van der Waals surface area contributed by atoms with Crippen molar-refractivity contribution in [3.63, 3.8) is 0 Å². The van der Waals surface area contributed by atoms with Gasteiger partial charge in [-0.05, 0) is 49.7 Å². The number of hydrogen-bond acceptors (Lipinski definition) is 7. The standard InChI is InChI=1S/C27H21FN2O5S/c1-3-35-20-12-16(8-11-19(20)31)23-22(24(32)15-6-4-14(2)5-7-15)25(33)26(34)30(23)27-29-18-10-9-17(28)13-21(18)36-27/h4-13,23,31-32H,3H2,1-2H3/b24-22+. The summed E-state index contributed by atoms with van der Waals surface area (Å²) in [6.07, 6.45) is 0. The van der Waals surface area contributed by atoms with Gasteiger partial charge in [-0.25, -0.2) is 9.37 Å². The van der Waals surface area contributed by atoms with Gasteiger partial charge in [-0.3, -0.25) is 14.5 Å². The van der Waals surface area contributed by atoms with Gasteiger partial charge < -0.3 is 14.9 Å². The Kier molecular flexibility index (Phi) is 5.93. The molecule has 1 aromatic heterocycles. The number of aromatic hydroxyl groups is 1. The van der Waals surface area contributed by atoms with E-state index in [2.05, 4.69) is 4.98 Å². The Hall–Kier alpha value is -4.24. The van der Waals surface area contributed by atoms with E-state index >= 15 is 0 Å². The monoisotopic (exact) mass is 504 g/mol. The summed E-state index contributed by atoms with van der Waals surface area (Å²) in [4.78, 5) is 32.4. The number of ketones is 1. The molecule has 0 aliphatic carbocycles. The number of carbonyl (C=O) groups is 2. The predicted molar refractivity (Wildman–Crippen MR) is 135 cm³/mol. The number of carbonyl (C=O) groups excluding carboxylic acids is 2. The highest BCUT2D eigenvalue weighted by Crippen LogP contribution is 2.45. The van der Waals surface area contributed by atoms with Gasteiger partial charge >= 0.3 is 5.91 Å². The molecule has 0 saturated carbocycles. The molecule has 2 N–H and O–H groups in total. The first-order valence-electron chi connectivity index (χ1n) is 11.2. The topological polar surface area (TPSA) is 100.0 Å². The first kappa shape index (κ1) is 23.5. The van der Waals surface area contributed by atoms with Gasteiger partial charge in [0.25, 0.3) is 5.78 Å². The first-order chi connectivity index (χ1) is 17.3. The van der Waals surface area contributed by atoms with Crippen molar-refractivity contribution in [3.8, 4) is 11.5 Å². The second-order valence-corrected chi connectivity index (χ2v) is 9.31. The summed E-state index contributed by atoms with van der Waals surface area (Å²) in [6.45, 7) is 3.93. The molecule has 0 radical (unpaired) electrons. The molecule has 4 aromatic rings. The number of aliphatic hydroxyl groups excluding tert-OH is 1. The number of thiazole rings is 1. The van der Waals surface area contributed by atoms with E-state index in [1.807, 2.05) is 6.92 Å². The van der Waals surface area contributed by atoms with Crippen molar-refractivity contribution < 1.29 is 28.9 Å². The number of rotatable bonds is 5. The molecule has 9 heteroatoms. The van der Waals surface area contributed by atoms with Crippen molar-refractivity contribution in [2.45, 2.75) is 19.9 Å². The van der Waals surface area contributed by atoms with Crippen LogP contribution in [-0.2, 0) is 9.59 Å². The number of amides is 1. The number of hydrogen-bond donors (Lipinski definition) is 2. The lowest BCUT2D eigenvalue weighted by molar-refractivity contribution is -0.132. The van der Waals surface area contributed by atoms with Crippen molar-refractivity contribution in [3.05, 3.63) is 88.7 Å². The number of anilines is 1. The van der Waals surface area contributed by atoms with Crippen LogP contribution < -0.4 is 9.64 Å². The Morgan fingerprint density at radius 1 is 1.11 bits per heavy atom. The number of ether oxygens (including phenoxy) is 1. The lowest BCUT2D eigenvalue weighted by Crippen LogP contribution is -2.29. The molecule has 2 heterocycles. The Morgan fingerprint density at radius 3 is 2.58 bits per heavy atom. The molecule has 1 unspecified atom stereocenters. The number of aliphatic hydroxyl groups is 1. The molecule has 1 amide bonds. The smallest absolute Gasteiger partial charge is 0.301 e. The van der Waals surface area contributed by atoms with E-state index < -0.39 is 23.5 Å². The molecule has 7 nitrogen and oxygen atoms in total. The summed E-state index contributed by atoms with van der Waals surface area (Å²) in [5.41, 5.74) is 2.11. The predicted octanol–water partition coefficient (Wildman–Crippen LogP) is 5.47. The molecule has 0 bridgehead atoms. The SMILES string of the molecule is CCOc1cc(C2/C(=C(\O)c3ccc(C)cc3)C(=O)C(=O)N2c2nc3ccc(F)cc3s2)ccc1O. The largest absolute Gasteiger partial charge is 0.507 e. The number of phenolic OH excluding ortho intramolecular Hbond substituents is 1. The second-order valence-electron chi connectivity index (χ2n) is 8.30. The van der Waals surface area contributed by atoms with Crippen LogP contribution in [-0.4, -0.2) is 33.5 Å². The van der Waals surface area contributed by atoms with Crippen molar-refractivity contribution in [2.75, 3.05) is 11.5 Å². The molecule has 3 aromatic carbocycles. The summed E-state index contributed by atoms with van der Waals surface area (Å²) in [6, 6.07) is 14.4. The van der Waals surface area contributed by atoms with Crippen LogP contribution >= 0.6 is 11.3 Å². The number of fused-ring (bicyclic) bond motifs is 1. The van der Waals surface area contributed by atoms with E-state index in [1.165, 1.54) is 35.2 Å². The van der Waals surface area contributed by atoms with Crippen molar-refractivity contribution in [1.29, 1.82) is 0 Å². The Bertz CT molecular complexity index is 1540. The molecule has 36 heavy (non-hydrogen) atoms. The van der Waals surface area contributed by atoms with Gasteiger partial charge in [0.15, 0.2) is 16.6 Å². The van der Waals surface area contributed by atoms with Gasteiger partial charge in [-0.15, -0.1) is 0 Å². The summed E-state index contributed by atoms with van der Waals surface area (Å²) in [7, 11) is 0. The molecule has 1 saturated heterocycles. The van der Waals surface area contributed by atoms with E-state index in [4.69, 9.17) is 4.74 Å². The van der Waals surface area contributed by atoms with E-state index in [-0.39, 0.29) is 34.6 Å². The molecule has 0 spiro atoms. The van der Waals surface area contributed by atoms with Gasteiger partial charge in [-0.2, -0.15) is 0 Å². The van der Waals surface area contributed by atoms with Gasteiger partial charge in [0.1, 0.15) is 11.6 Å². The van der Waals surface area contributed by atoms with Crippen molar-refractivity contribution in [2.24, 2.45) is 0 Å². The maximum atomic E-state index is 13.8. The number of phenols is 1. The highest BCUT2D eigenvalue weighted by atomic mass is 32.1. The van der Waals surface area contributed by atoms with Crippen molar-refractivity contribution >= 4 is 44.1 Å². The minimum atomic E-state index is -1.06. The van der Waals surface area contributed by atoms with Crippen LogP contribution in [0.25, 0.3) is 16.0 Å². The lowest BCUT2D eigenvalue weighted by Gasteiger charge is -2.23. The number of aryl methyl sites for hydroxylation is 1. The molecule has 182 valence electrons. The highest BCUT2D eigenvalue weighted by molar-refractivity contribution is 7.22. The third-order valence-electron chi connectivity index (χ3n) is 5.91. The third kappa shape index (κ3) is 3.97. The maximum Gasteiger partial charge on any atom is 0.301 e. The molecule has 1 atom stereocenters.